The molecule has 2 N–H and O–H groups in total. The SMILES string of the molecule is CC(C)NCC(O)c1ccc(OCc2ccccc2)cc1. The number of nitrogens with one attached hydrogen (secondary N) is 1. The van der Waals surface area contributed by atoms with Crippen LogP contribution in [-0.4, -0.2) is 17.7 Å². The van der Waals surface area contributed by atoms with Gasteiger partial charge in [-0.1, -0.05) is 56.3 Å². The van der Waals surface area contributed by atoms with Gasteiger partial charge in [-0.15, -0.1) is 0 Å². The zero-order chi connectivity index (χ0) is 15.1. The third kappa shape index (κ3) is 5.21. The fraction of sp³-hybridized carbons (Fsp3) is 0.333. The molecule has 0 radical (unpaired) electrons. The van der Waals surface area contributed by atoms with E-state index in [2.05, 4.69) is 19.2 Å². The van der Waals surface area contributed by atoms with Gasteiger partial charge in [0.25, 0.3) is 0 Å². The number of benzene rings is 2. The summed E-state index contributed by atoms with van der Waals surface area (Å²) in [7, 11) is 0. The summed E-state index contributed by atoms with van der Waals surface area (Å²) >= 11 is 0. The summed E-state index contributed by atoms with van der Waals surface area (Å²) in [5.41, 5.74) is 2.04. The van der Waals surface area contributed by atoms with Crippen molar-refractivity contribution in [1.82, 2.24) is 5.32 Å². The summed E-state index contributed by atoms with van der Waals surface area (Å²) in [5.74, 6) is 0.812. The molecule has 0 aliphatic rings. The van der Waals surface area contributed by atoms with Gasteiger partial charge in [0.15, 0.2) is 0 Å². The van der Waals surface area contributed by atoms with Crippen LogP contribution in [0.25, 0.3) is 0 Å². The minimum Gasteiger partial charge on any atom is -0.489 e. The van der Waals surface area contributed by atoms with Crippen molar-refractivity contribution >= 4 is 0 Å². The zero-order valence-corrected chi connectivity index (χ0v) is 12.6. The van der Waals surface area contributed by atoms with Crippen LogP contribution in [-0.2, 0) is 6.61 Å². The van der Waals surface area contributed by atoms with E-state index in [9.17, 15) is 5.11 Å². The maximum absolute atomic E-state index is 10.1. The average Bonchev–Trinajstić information content (AvgIpc) is 2.52. The molecule has 0 aliphatic carbocycles. The first-order valence-electron chi connectivity index (χ1n) is 7.33. The molecule has 0 fully saturated rings. The fourth-order valence-corrected chi connectivity index (χ4v) is 1.99. The van der Waals surface area contributed by atoms with Crippen LogP contribution >= 0.6 is 0 Å². The van der Waals surface area contributed by atoms with Crippen LogP contribution in [0.1, 0.15) is 31.1 Å². The Hall–Kier alpha value is -1.84. The van der Waals surface area contributed by atoms with Gasteiger partial charge in [-0.25, -0.2) is 0 Å². The van der Waals surface area contributed by atoms with E-state index in [1.54, 1.807) is 0 Å². The Morgan fingerprint density at radius 1 is 1.00 bits per heavy atom. The van der Waals surface area contributed by atoms with Gasteiger partial charge in [0.2, 0.25) is 0 Å². The van der Waals surface area contributed by atoms with Crippen LogP contribution in [0.4, 0.5) is 0 Å². The number of aliphatic hydroxyl groups is 1. The predicted molar refractivity (Wildman–Crippen MR) is 85.3 cm³/mol. The maximum atomic E-state index is 10.1. The third-order valence-electron chi connectivity index (χ3n) is 3.23. The molecular formula is C18H23NO2. The largest absolute Gasteiger partial charge is 0.489 e. The monoisotopic (exact) mass is 285 g/mol. The molecule has 0 aromatic heterocycles. The molecule has 2 aromatic rings. The van der Waals surface area contributed by atoms with E-state index in [0.717, 1.165) is 16.9 Å². The molecule has 0 bridgehead atoms. The van der Waals surface area contributed by atoms with Crippen molar-refractivity contribution in [2.75, 3.05) is 6.54 Å². The number of hydrogen-bond donors (Lipinski definition) is 2. The van der Waals surface area contributed by atoms with Crippen molar-refractivity contribution in [2.45, 2.75) is 32.6 Å². The molecule has 0 heterocycles. The molecule has 1 unspecified atom stereocenters. The maximum Gasteiger partial charge on any atom is 0.119 e. The lowest BCUT2D eigenvalue weighted by molar-refractivity contribution is 0.171. The van der Waals surface area contributed by atoms with Gasteiger partial charge in [0.1, 0.15) is 12.4 Å². The van der Waals surface area contributed by atoms with Crippen molar-refractivity contribution in [2.24, 2.45) is 0 Å². The van der Waals surface area contributed by atoms with Gasteiger partial charge in [-0.2, -0.15) is 0 Å². The highest BCUT2D eigenvalue weighted by Crippen LogP contribution is 2.18. The van der Waals surface area contributed by atoms with Gasteiger partial charge in [-0.3, -0.25) is 0 Å². The highest BCUT2D eigenvalue weighted by Gasteiger charge is 2.08. The molecule has 21 heavy (non-hydrogen) atoms. The molecule has 2 rings (SSSR count). The Balaban J connectivity index is 1.87. The second kappa shape index (κ2) is 7.81. The van der Waals surface area contributed by atoms with Crippen molar-refractivity contribution in [1.29, 1.82) is 0 Å². The van der Waals surface area contributed by atoms with E-state index in [0.29, 0.717) is 19.2 Å². The van der Waals surface area contributed by atoms with E-state index in [1.165, 1.54) is 0 Å². The molecule has 3 nitrogen and oxygen atoms in total. The molecule has 0 saturated carbocycles. The van der Waals surface area contributed by atoms with E-state index < -0.39 is 6.10 Å². The van der Waals surface area contributed by atoms with Gasteiger partial charge in [0.05, 0.1) is 6.10 Å². The van der Waals surface area contributed by atoms with Crippen LogP contribution in [0.3, 0.4) is 0 Å². The third-order valence-corrected chi connectivity index (χ3v) is 3.23. The Labute approximate surface area is 126 Å². The summed E-state index contributed by atoms with van der Waals surface area (Å²) in [6.45, 7) is 5.24. The van der Waals surface area contributed by atoms with Crippen LogP contribution < -0.4 is 10.1 Å². The number of aliphatic hydroxyl groups excluding tert-OH is 1. The highest BCUT2D eigenvalue weighted by molar-refractivity contribution is 5.29. The molecule has 0 spiro atoms. The standard InChI is InChI=1S/C18H23NO2/c1-14(2)19-12-18(20)16-8-10-17(11-9-16)21-13-15-6-4-3-5-7-15/h3-11,14,18-20H,12-13H2,1-2H3. The Bertz CT molecular complexity index is 523. The van der Waals surface area contributed by atoms with Crippen molar-refractivity contribution < 1.29 is 9.84 Å². The lowest BCUT2D eigenvalue weighted by Gasteiger charge is -2.15. The number of ether oxygens (including phenoxy) is 1. The fourth-order valence-electron chi connectivity index (χ4n) is 1.99. The molecule has 0 aliphatic heterocycles. The Kier molecular flexibility index (Phi) is 5.78. The Morgan fingerprint density at radius 3 is 2.29 bits per heavy atom. The minimum absolute atomic E-state index is 0.369. The molecule has 3 heteroatoms. The van der Waals surface area contributed by atoms with Gasteiger partial charge in [0, 0.05) is 12.6 Å². The van der Waals surface area contributed by atoms with E-state index in [4.69, 9.17) is 4.74 Å². The molecule has 0 saturated heterocycles. The second-order valence-electron chi connectivity index (χ2n) is 5.42. The van der Waals surface area contributed by atoms with Crippen LogP contribution in [0.2, 0.25) is 0 Å². The van der Waals surface area contributed by atoms with Crippen molar-refractivity contribution in [3.05, 3.63) is 65.7 Å². The summed E-state index contributed by atoms with van der Waals surface area (Å²) < 4.78 is 5.73. The number of rotatable bonds is 7. The molecule has 112 valence electrons. The average molecular weight is 285 g/mol. The first-order valence-corrected chi connectivity index (χ1v) is 7.33. The van der Waals surface area contributed by atoms with Crippen LogP contribution in [0, 0.1) is 0 Å². The predicted octanol–water partition coefficient (Wildman–Crippen LogP) is 3.30. The van der Waals surface area contributed by atoms with Gasteiger partial charge in [-0.05, 0) is 23.3 Å². The van der Waals surface area contributed by atoms with E-state index in [1.807, 2.05) is 54.6 Å². The zero-order valence-electron chi connectivity index (χ0n) is 12.6. The van der Waals surface area contributed by atoms with Crippen LogP contribution in [0.15, 0.2) is 54.6 Å². The molecule has 2 aromatic carbocycles. The van der Waals surface area contributed by atoms with Crippen molar-refractivity contribution in [3.8, 4) is 5.75 Å². The summed E-state index contributed by atoms with van der Waals surface area (Å²) in [4.78, 5) is 0. The quantitative estimate of drug-likeness (QED) is 0.820. The summed E-state index contributed by atoms with van der Waals surface area (Å²) in [6.07, 6.45) is -0.490. The molecular weight excluding hydrogens is 262 g/mol. The first kappa shape index (κ1) is 15.5. The van der Waals surface area contributed by atoms with E-state index >= 15 is 0 Å². The van der Waals surface area contributed by atoms with E-state index in [-0.39, 0.29) is 0 Å². The minimum atomic E-state index is -0.490. The second-order valence-corrected chi connectivity index (χ2v) is 5.42. The smallest absolute Gasteiger partial charge is 0.119 e. The van der Waals surface area contributed by atoms with Crippen LogP contribution in [0.5, 0.6) is 5.75 Å². The molecule has 1 atom stereocenters. The summed E-state index contributed by atoms with van der Waals surface area (Å²) in [5, 5.41) is 13.3. The summed E-state index contributed by atoms with van der Waals surface area (Å²) in [6, 6.07) is 18.1. The molecule has 0 amide bonds. The lowest BCUT2D eigenvalue weighted by Crippen LogP contribution is -2.27. The normalized spacial score (nSPS) is 12.4. The highest BCUT2D eigenvalue weighted by atomic mass is 16.5. The van der Waals surface area contributed by atoms with Gasteiger partial charge >= 0.3 is 0 Å². The van der Waals surface area contributed by atoms with Gasteiger partial charge < -0.3 is 15.2 Å². The number of hydrogen-bond acceptors (Lipinski definition) is 3. The topological polar surface area (TPSA) is 41.5 Å². The lowest BCUT2D eigenvalue weighted by atomic mass is 10.1. The Morgan fingerprint density at radius 2 is 1.67 bits per heavy atom. The first-order chi connectivity index (χ1) is 10.1. The van der Waals surface area contributed by atoms with Crippen molar-refractivity contribution in [3.63, 3.8) is 0 Å².